The summed E-state index contributed by atoms with van der Waals surface area (Å²) in [6.07, 6.45) is 18.1. The minimum Gasteiger partial charge on any atom is -0.494 e. The van der Waals surface area contributed by atoms with E-state index in [2.05, 4.69) is 47.8 Å². The van der Waals surface area contributed by atoms with E-state index in [-0.39, 0.29) is 0 Å². The molecule has 2 saturated heterocycles. The first kappa shape index (κ1) is 26.8. The maximum Gasteiger partial charge on any atom is 0.119 e. The molecule has 0 aromatic heterocycles. The molecule has 2 heterocycles. The number of piperidine rings is 2. The van der Waals surface area contributed by atoms with Crippen LogP contribution in [0.1, 0.15) is 96.0 Å². The van der Waals surface area contributed by atoms with Gasteiger partial charge in [0.2, 0.25) is 0 Å². The molecule has 198 valence electrons. The molecule has 0 bridgehead atoms. The zero-order valence-electron chi connectivity index (χ0n) is 22.4. The second-order valence-electron chi connectivity index (χ2n) is 10.9. The molecule has 1 aliphatic carbocycles. The van der Waals surface area contributed by atoms with E-state index < -0.39 is 0 Å². The first-order chi connectivity index (χ1) is 17.7. The Morgan fingerprint density at radius 2 is 1.78 bits per heavy atom. The highest BCUT2D eigenvalue weighted by Crippen LogP contribution is 2.32. The van der Waals surface area contributed by atoms with Crippen LogP contribution in [0, 0.1) is 5.92 Å². The third kappa shape index (κ3) is 7.38. The predicted octanol–water partition coefficient (Wildman–Crippen LogP) is 7.08. The van der Waals surface area contributed by atoms with Gasteiger partial charge < -0.3 is 15.3 Å². The standard InChI is InChI=1S/C31H47N3O2/c1-3-4-14-30(33-32)29(25-16-18-28(19-17-25)36-27-12-6-5-7-13-27)22-24(2)35-23-26-11-10-21-34-20-9-8-15-31(26)34/h16-19,22,26-27,31H,2-15,20-21,23,32H2,1H3/b29-22-,33-30-/t26-,31+/m0/s1. The van der Waals surface area contributed by atoms with Crippen LogP contribution in [0.3, 0.4) is 0 Å². The Morgan fingerprint density at radius 3 is 2.53 bits per heavy atom. The van der Waals surface area contributed by atoms with Gasteiger partial charge in [0.25, 0.3) is 0 Å². The molecule has 1 aromatic rings. The Kier molecular flexibility index (Phi) is 10.3. The quantitative estimate of drug-likeness (QED) is 0.118. The van der Waals surface area contributed by atoms with Crippen LogP contribution in [-0.2, 0) is 4.74 Å². The summed E-state index contributed by atoms with van der Waals surface area (Å²) in [6.45, 7) is 9.70. The fourth-order valence-corrected chi connectivity index (χ4v) is 6.22. The molecule has 36 heavy (non-hydrogen) atoms. The normalized spacial score (nSPS) is 24.2. The lowest BCUT2D eigenvalue weighted by atomic mass is 9.84. The SMILES string of the molecule is C=C(/C=C(\C(CCCC)=N/N)c1ccc(OC2CCCCC2)cc1)OC[C@@H]1CCCN2CCCC[C@H]12. The van der Waals surface area contributed by atoms with Crippen LogP contribution in [-0.4, -0.2) is 42.5 Å². The summed E-state index contributed by atoms with van der Waals surface area (Å²) in [5.74, 6) is 8.11. The average Bonchev–Trinajstić information content (AvgIpc) is 2.92. The molecule has 1 saturated carbocycles. The van der Waals surface area contributed by atoms with E-state index in [0.29, 0.717) is 23.8 Å². The molecule has 4 rings (SSSR count). The lowest BCUT2D eigenvalue weighted by Crippen LogP contribution is -2.49. The number of hydrogen-bond donors (Lipinski definition) is 1. The molecule has 0 radical (unpaired) electrons. The van der Waals surface area contributed by atoms with E-state index in [4.69, 9.17) is 15.3 Å². The highest BCUT2D eigenvalue weighted by molar-refractivity contribution is 6.24. The number of ether oxygens (including phenoxy) is 2. The number of unbranched alkanes of at least 4 members (excludes halogenated alkanes) is 1. The number of hydrogen-bond acceptors (Lipinski definition) is 5. The molecule has 1 aromatic carbocycles. The Balaban J connectivity index is 1.44. The summed E-state index contributed by atoms with van der Waals surface area (Å²) in [7, 11) is 0. The molecule has 0 amide bonds. The largest absolute Gasteiger partial charge is 0.494 e. The molecule has 3 fully saturated rings. The number of allylic oxidation sites excluding steroid dienone is 2. The van der Waals surface area contributed by atoms with Gasteiger partial charge in [-0.2, -0.15) is 5.10 Å². The maximum absolute atomic E-state index is 6.29. The molecule has 5 heteroatoms. The summed E-state index contributed by atoms with van der Waals surface area (Å²) in [6, 6.07) is 9.07. The summed E-state index contributed by atoms with van der Waals surface area (Å²) >= 11 is 0. The van der Waals surface area contributed by atoms with E-state index in [0.717, 1.165) is 61.3 Å². The predicted molar refractivity (Wildman–Crippen MR) is 150 cm³/mol. The van der Waals surface area contributed by atoms with Crippen molar-refractivity contribution in [1.82, 2.24) is 4.90 Å². The fourth-order valence-electron chi connectivity index (χ4n) is 6.22. The number of benzene rings is 1. The second kappa shape index (κ2) is 13.9. The third-order valence-electron chi connectivity index (χ3n) is 8.27. The molecule has 2 N–H and O–H groups in total. The maximum atomic E-state index is 6.29. The first-order valence-electron chi connectivity index (χ1n) is 14.5. The van der Waals surface area contributed by atoms with Crippen molar-refractivity contribution in [2.75, 3.05) is 19.7 Å². The molecule has 2 aliphatic heterocycles. The first-order valence-corrected chi connectivity index (χ1v) is 14.5. The van der Waals surface area contributed by atoms with E-state index >= 15 is 0 Å². The zero-order chi connectivity index (χ0) is 25.2. The van der Waals surface area contributed by atoms with Crippen molar-refractivity contribution in [3.63, 3.8) is 0 Å². The van der Waals surface area contributed by atoms with Crippen molar-refractivity contribution in [2.24, 2.45) is 16.9 Å². The van der Waals surface area contributed by atoms with E-state index in [1.807, 2.05) is 6.08 Å². The molecule has 5 nitrogen and oxygen atoms in total. The summed E-state index contributed by atoms with van der Waals surface area (Å²) in [5, 5.41) is 4.19. The molecule has 0 unspecified atom stereocenters. The summed E-state index contributed by atoms with van der Waals surface area (Å²) in [5.41, 5.74) is 2.98. The topological polar surface area (TPSA) is 60.1 Å². The minimum absolute atomic E-state index is 0.346. The van der Waals surface area contributed by atoms with Gasteiger partial charge in [-0.3, -0.25) is 4.90 Å². The third-order valence-corrected chi connectivity index (χ3v) is 8.27. The van der Waals surface area contributed by atoms with Gasteiger partial charge >= 0.3 is 0 Å². The Hall–Kier alpha value is -2.27. The van der Waals surface area contributed by atoms with Crippen molar-refractivity contribution in [3.8, 4) is 5.75 Å². The van der Waals surface area contributed by atoms with E-state index in [9.17, 15) is 0 Å². The second-order valence-corrected chi connectivity index (χ2v) is 10.9. The van der Waals surface area contributed by atoms with Crippen LogP contribution >= 0.6 is 0 Å². The van der Waals surface area contributed by atoms with Gasteiger partial charge in [0, 0.05) is 17.5 Å². The average molecular weight is 494 g/mol. The van der Waals surface area contributed by atoms with Crippen LogP contribution in [0.25, 0.3) is 5.57 Å². The van der Waals surface area contributed by atoms with Crippen molar-refractivity contribution in [1.29, 1.82) is 0 Å². The fraction of sp³-hybridized carbons (Fsp3) is 0.645. The lowest BCUT2D eigenvalue weighted by Gasteiger charge is -2.44. The lowest BCUT2D eigenvalue weighted by molar-refractivity contribution is 0.0236. The van der Waals surface area contributed by atoms with Gasteiger partial charge in [-0.05, 0) is 101 Å². The van der Waals surface area contributed by atoms with Crippen molar-refractivity contribution in [2.45, 2.75) is 103 Å². The van der Waals surface area contributed by atoms with Gasteiger partial charge in [-0.25, -0.2) is 0 Å². The molecule has 3 aliphatic rings. The van der Waals surface area contributed by atoms with Crippen molar-refractivity contribution in [3.05, 3.63) is 48.2 Å². The summed E-state index contributed by atoms with van der Waals surface area (Å²) in [4.78, 5) is 2.69. The number of rotatable bonds is 11. The van der Waals surface area contributed by atoms with Crippen LogP contribution in [0.5, 0.6) is 5.75 Å². The van der Waals surface area contributed by atoms with Gasteiger partial charge in [0.15, 0.2) is 0 Å². The van der Waals surface area contributed by atoms with Crippen LogP contribution in [0.15, 0.2) is 47.8 Å². The van der Waals surface area contributed by atoms with Crippen LogP contribution in [0.4, 0.5) is 0 Å². The molecular formula is C31H47N3O2. The van der Waals surface area contributed by atoms with Crippen LogP contribution < -0.4 is 10.6 Å². The smallest absolute Gasteiger partial charge is 0.119 e. The van der Waals surface area contributed by atoms with E-state index in [1.54, 1.807) is 0 Å². The monoisotopic (exact) mass is 493 g/mol. The number of nitrogens with two attached hydrogens (primary N) is 1. The van der Waals surface area contributed by atoms with Gasteiger partial charge in [0.1, 0.15) is 11.5 Å². The van der Waals surface area contributed by atoms with E-state index in [1.165, 1.54) is 64.5 Å². The summed E-state index contributed by atoms with van der Waals surface area (Å²) < 4.78 is 12.5. The number of hydrazone groups is 1. The Morgan fingerprint density at radius 1 is 1.03 bits per heavy atom. The zero-order valence-corrected chi connectivity index (χ0v) is 22.4. The highest BCUT2D eigenvalue weighted by Gasteiger charge is 2.33. The van der Waals surface area contributed by atoms with Gasteiger partial charge in [-0.1, -0.05) is 44.9 Å². The van der Waals surface area contributed by atoms with Gasteiger partial charge in [-0.15, -0.1) is 0 Å². The molecule has 0 spiro atoms. The van der Waals surface area contributed by atoms with Crippen molar-refractivity contribution < 1.29 is 9.47 Å². The minimum atomic E-state index is 0.346. The number of fused-ring (bicyclic) bond motifs is 1. The Bertz CT molecular complexity index is 884. The number of nitrogens with zero attached hydrogens (tertiary/aromatic N) is 2. The molecular weight excluding hydrogens is 446 g/mol. The highest BCUT2D eigenvalue weighted by atomic mass is 16.5. The molecule has 2 atom stereocenters. The van der Waals surface area contributed by atoms with Crippen molar-refractivity contribution >= 4 is 11.3 Å². The Labute approximate surface area is 218 Å². The van der Waals surface area contributed by atoms with Gasteiger partial charge in [0.05, 0.1) is 18.4 Å². The van der Waals surface area contributed by atoms with Crippen LogP contribution in [0.2, 0.25) is 0 Å².